The fourth-order valence-electron chi connectivity index (χ4n) is 1.81. The van der Waals surface area contributed by atoms with Gasteiger partial charge in [-0.05, 0) is 39.8 Å². The topological polar surface area (TPSA) is 65.7 Å². The molecule has 1 aromatic heterocycles. The van der Waals surface area contributed by atoms with Crippen LogP contribution in [0.15, 0.2) is 33.5 Å². The maximum Gasteiger partial charge on any atom is 0.347 e. The number of hydrogen-bond acceptors (Lipinski definition) is 5. The molecule has 22 heavy (non-hydrogen) atoms. The fourth-order valence-corrected chi connectivity index (χ4v) is 2.06. The van der Waals surface area contributed by atoms with E-state index in [0.717, 1.165) is 0 Å². The predicted octanol–water partition coefficient (Wildman–Crippen LogP) is 3.56. The fraction of sp³-hybridized carbons (Fsp3) is 0.375. The van der Waals surface area contributed by atoms with Crippen molar-refractivity contribution >= 4 is 28.5 Å². The van der Waals surface area contributed by atoms with Crippen LogP contribution in [0.2, 0.25) is 5.02 Å². The van der Waals surface area contributed by atoms with Gasteiger partial charge in [0.05, 0.1) is 5.02 Å². The minimum Gasteiger partial charge on any atom is -0.479 e. The molecule has 0 aliphatic carbocycles. The number of halogens is 1. The van der Waals surface area contributed by atoms with E-state index in [4.69, 9.17) is 25.5 Å². The van der Waals surface area contributed by atoms with Gasteiger partial charge in [-0.15, -0.1) is 0 Å². The molecule has 2 aromatic rings. The highest BCUT2D eigenvalue weighted by Crippen LogP contribution is 2.26. The molecule has 1 aromatic carbocycles. The van der Waals surface area contributed by atoms with E-state index in [9.17, 15) is 9.59 Å². The Morgan fingerprint density at radius 2 is 1.95 bits per heavy atom. The molecule has 118 valence electrons. The standard InChI is InChI=1S/C16H17ClO5/c1-9(15(19)22-16(2,3)4)20-10-5-6-11-12(17)8-14(18)21-13(11)7-10/h5-9H,1-4H3. The van der Waals surface area contributed by atoms with Gasteiger partial charge < -0.3 is 13.9 Å². The quantitative estimate of drug-likeness (QED) is 0.638. The van der Waals surface area contributed by atoms with Gasteiger partial charge in [-0.3, -0.25) is 0 Å². The van der Waals surface area contributed by atoms with Crippen molar-refractivity contribution < 1.29 is 18.7 Å². The number of benzene rings is 1. The Morgan fingerprint density at radius 1 is 1.27 bits per heavy atom. The van der Waals surface area contributed by atoms with E-state index >= 15 is 0 Å². The van der Waals surface area contributed by atoms with E-state index in [-0.39, 0.29) is 0 Å². The second-order valence-corrected chi connectivity index (χ2v) is 6.27. The first kappa shape index (κ1) is 16.4. The third kappa shape index (κ3) is 4.01. The highest BCUT2D eigenvalue weighted by Gasteiger charge is 2.23. The Balaban J connectivity index is 2.21. The Kier molecular flexibility index (Phi) is 4.47. The van der Waals surface area contributed by atoms with Crippen molar-refractivity contribution in [3.05, 3.63) is 39.7 Å². The van der Waals surface area contributed by atoms with Crippen LogP contribution in [0.4, 0.5) is 0 Å². The Bertz CT molecular complexity index is 757. The number of carbonyl (C=O) groups excluding carboxylic acids is 1. The lowest BCUT2D eigenvalue weighted by Gasteiger charge is -2.22. The van der Waals surface area contributed by atoms with Gasteiger partial charge in [-0.1, -0.05) is 11.6 Å². The summed E-state index contributed by atoms with van der Waals surface area (Å²) in [5, 5.41) is 0.900. The molecule has 5 nitrogen and oxygen atoms in total. The summed E-state index contributed by atoms with van der Waals surface area (Å²) >= 11 is 5.97. The Morgan fingerprint density at radius 3 is 2.59 bits per heavy atom. The highest BCUT2D eigenvalue weighted by molar-refractivity contribution is 6.35. The SMILES string of the molecule is CC(Oc1ccc2c(Cl)cc(=O)oc2c1)C(=O)OC(C)(C)C. The lowest BCUT2D eigenvalue weighted by atomic mass is 10.2. The minimum atomic E-state index is -0.789. The molecule has 0 fully saturated rings. The lowest BCUT2D eigenvalue weighted by molar-refractivity contribution is -0.162. The summed E-state index contributed by atoms with van der Waals surface area (Å²) in [7, 11) is 0. The average Bonchev–Trinajstić information content (AvgIpc) is 2.35. The molecule has 2 rings (SSSR count). The van der Waals surface area contributed by atoms with Crippen molar-refractivity contribution in [3.63, 3.8) is 0 Å². The number of fused-ring (bicyclic) bond motifs is 1. The van der Waals surface area contributed by atoms with Crippen LogP contribution < -0.4 is 10.4 Å². The monoisotopic (exact) mass is 324 g/mol. The summed E-state index contributed by atoms with van der Waals surface area (Å²) in [6, 6.07) is 6.03. The summed E-state index contributed by atoms with van der Waals surface area (Å²) in [5.74, 6) is -0.0866. The molecular weight excluding hydrogens is 308 g/mol. The number of esters is 1. The summed E-state index contributed by atoms with van der Waals surface area (Å²) in [6.45, 7) is 6.94. The predicted molar refractivity (Wildman–Crippen MR) is 83.4 cm³/mol. The van der Waals surface area contributed by atoms with Crippen molar-refractivity contribution in [3.8, 4) is 5.75 Å². The van der Waals surface area contributed by atoms with Crippen molar-refractivity contribution in [2.24, 2.45) is 0 Å². The van der Waals surface area contributed by atoms with Gasteiger partial charge in [-0.25, -0.2) is 9.59 Å². The first-order valence-corrected chi connectivity index (χ1v) is 7.16. The van der Waals surface area contributed by atoms with Crippen molar-refractivity contribution in [1.29, 1.82) is 0 Å². The zero-order valence-electron chi connectivity index (χ0n) is 12.8. The Hall–Kier alpha value is -2.01. The molecule has 0 spiro atoms. The van der Waals surface area contributed by atoms with E-state index in [0.29, 0.717) is 21.7 Å². The van der Waals surface area contributed by atoms with E-state index in [1.807, 2.05) is 0 Å². The van der Waals surface area contributed by atoms with Crippen LogP contribution in [-0.4, -0.2) is 17.7 Å². The normalized spacial score (nSPS) is 13.0. The van der Waals surface area contributed by atoms with Gasteiger partial charge in [0.25, 0.3) is 0 Å². The Labute approximate surface area is 132 Å². The van der Waals surface area contributed by atoms with Crippen LogP contribution in [0, 0.1) is 0 Å². The van der Waals surface area contributed by atoms with Crippen molar-refractivity contribution in [2.45, 2.75) is 39.4 Å². The molecule has 0 aliphatic heterocycles. The summed E-state index contributed by atoms with van der Waals surface area (Å²) in [5.41, 5.74) is -0.834. The lowest BCUT2D eigenvalue weighted by Crippen LogP contribution is -2.33. The molecular formula is C16H17ClO5. The second-order valence-electron chi connectivity index (χ2n) is 5.86. The van der Waals surface area contributed by atoms with Gasteiger partial charge in [-0.2, -0.15) is 0 Å². The first-order chi connectivity index (χ1) is 10.2. The van der Waals surface area contributed by atoms with Crippen LogP contribution in [0.3, 0.4) is 0 Å². The van der Waals surface area contributed by atoms with Crippen LogP contribution in [-0.2, 0) is 9.53 Å². The number of rotatable bonds is 3. The van der Waals surface area contributed by atoms with Crippen LogP contribution in [0.25, 0.3) is 11.0 Å². The maximum absolute atomic E-state index is 11.9. The third-order valence-corrected chi connectivity index (χ3v) is 3.03. The van der Waals surface area contributed by atoms with E-state index in [1.165, 1.54) is 12.1 Å². The zero-order chi connectivity index (χ0) is 16.5. The van der Waals surface area contributed by atoms with E-state index in [2.05, 4.69) is 0 Å². The molecule has 0 saturated carbocycles. The summed E-state index contributed by atoms with van der Waals surface area (Å²) in [4.78, 5) is 23.2. The molecule has 1 atom stereocenters. The van der Waals surface area contributed by atoms with Gasteiger partial charge in [0.15, 0.2) is 6.10 Å². The zero-order valence-corrected chi connectivity index (χ0v) is 13.6. The number of carbonyl (C=O) groups is 1. The largest absolute Gasteiger partial charge is 0.479 e. The second kappa shape index (κ2) is 6.01. The molecule has 0 saturated heterocycles. The van der Waals surface area contributed by atoms with Gasteiger partial charge in [0.1, 0.15) is 16.9 Å². The molecule has 1 heterocycles. The van der Waals surface area contributed by atoms with Crippen molar-refractivity contribution in [2.75, 3.05) is 0 Å². The van der Waals surface area contributed by atoms with Crippen LogP contribution in [0.1, 0.15) is 27.7 Å². The molecule has 0 aliphatic rings. The third-order valence-electron chi connectivity index (χ3n) is 2.72. The highest BCUT2D eigenvalue weighted by atomic mass is 35.5. The molecule has 0 radical (unpaired) electrons. The minimum absolute atomic E-state index is 0.298. The summed E-state index contributed by atoms with van der Waals surface area (Å²) < 4.78 is 15.8. The number of hydrogen-bond donors (Lipinski definition) is 0. The summed E-state index contributed by atoms with van der Waals surface area (Å²) in [6.07, 6.45) is -0.789. The maximum atomic E-state index is 11.9. The van der Waals surface area contributed by atoms with E-state index < -0.39 is 23.3 Å². The van der Waals surface area contributed by atoms with Gasteiger partial charge in [0, 0.05) is 17.5 Å². The molecule has 0 N–H and O–H groups in total. The average molecular weight is 325 g/mol. The van der Waals surface area contributed by atoms with Crippen LogP contribution >= 0.6 is 11.6 Å². The first-order valence-electron chi connectivity index (χ1n) is 6.78. The van der Waals surface area contributed by atoms with Gasteiger partial charge in [0.2, 0.25) is 0 Å². The molecule has 0 amide bonds. The molecule has 1 unspecified atom stereocenters. The van der Waals surface area contributed by atoms with Gasteiger partial charge >= 0.3 is 11.6 Å². The van der Waals surface area contributed by atoms with Crippen LogP contribution in [0.5, 0.6) is 5.75 Å². The van der Waals surface area contributed by atoms with E-state index in [1.54, 1.807) is 39.8 Å². The molecule has 6 heteroatoms. The smallest absolute Gasteiger partial charge is 0.347 e. The van der Waals surface area contributed by atoms with Crippen molar-refractivity contribution in [1.82, 2.24) is 0 Å². The number of ether oxygens (including phenoxy) is 2. The molecule has 0 bridgehead atoms.